The molecule has 0 spiro atoms. The lowest BCUT2D eigenvalue weighted by Gasteiger charge is -2.10. The molecule has 3 rings (SSSR count). The zero-order valence-corrected chi connectivity index (χ0v) is 12.9. The van der Waals surface area contributed by atoms with Gasteiger partial charge in [0.05, 0.1) is 24.0 Å². The summed E-state index contributed by atoms with van der Waals surface area (Å²) in [4.78, 5) is 0. The van der Waals surface area contributed by atoms with Crippen LogP contribution >= 0.6 is 0 Å². The number of hydrogen-bond acceptors (Lipinski definition) is 3. The number of rotatable bonds is 5. The molecule has 0 atom stereocenters. The lowest BCUT2D eigenvalue weighted by atomic mass is 10.2. The SMILES string of the molecule is CCn1c(COc2ccccc2)c(N)c2ccc(OC)cc21. The van der Waals surface area contributed by atoms with Gasteiger partial charge in [0.1, 0.15) is 18.1 Å². The highest BCUT2D eigenvalue weighted by molar-refractivity contribution is 5.94. The van der Waals surface area contributed by atoms with E-state index in [9.17, 15) is 0 Å². The second-order valence-electron chi connectivity index (χ2n) is 5.09. The lowest BCUT2D eigenvalue weighted by Crippen LogP contribution is -2.06. The molecule has 0 unspecified atom stereocenters. The number of nitrogens with zero attached hydrogens (tertiary/aromatic N) is 1. The maximum Gasteiger partial charge on any atom is 0.130 e. The average Bonchev–Trinajstić information content (AvgIpc) is 2.84. The summed E-state index contributed by atoms with van der Waals surface area (Å²) in [5.41, 5.74) is 9.17. The van der Waals surface area contributed by atoms with Crippen LogP contribution in [0.4, 0.5) is 5.69 Å². The van der Waals surface area contributed by atoms with E-state index in [1.165, 1.54) is 0 Å². The molecule has 0 saturated carbocycles. The Morgan fingerprint density at radius 1 is 1.05 bits per heavy atom. The summed E-state index contributed by atoms with van der Waals surface area (Å²) in [6, 6.07) is 15.7. The largest absolute Gasteiger partial charge is 0.497 e. The quantitative estimate of drug-likeness (QED) is 0.778. The molecule has 0 radical (unpaired) electrons. The number of para-hydroxylation sites is 1. The molecule has 4 heteroatoms. The number of aromatic nitrogens is 1. The van der Waals surface area contributed by atoms with Crippen molar-refractivity contribution in [3.05, 3.63) is 54.2 Å². The standard InChI is InChI=1S/C18H20N2O2/c1-3-20-16-11-14(21-2)9-10-15(16)18(19)17(20)12-22-13-7-5-4-6-8-13/h4-11H,3,12,19H2,1-2H3. The van der Waals surface area contributed by atoms with Crippen molar-refractivity contribution in [2.24, 2.45) is 0 Å². The minimum absolute atomic E-state index is 0.445. The van der Waals surface area contributed by atoms with Crippen molar-refractivity contribution in [3.63, 3.8) is 0 Å². The van der Waals surface area contributed by atoms with E-state index in [1.807, 2.05) is 48.5 Å². The molecule has 0 fully saturated rings. The van der Waals surface area contributed by atoms with Crippen LogP contribution in [0.1, 0.15) is 12.6 Å². The molecule has 0 amide bonds. The van der Waals surface area contributed by atoms with E-state index in [2.05, 4.69) is 11.5 Å². The van der Waals surface area contributed by atoms with Gasteiger partial charge in [-0.2, -0.15) is 0 Å². The molecule has 22 heavy (non-hydrogen) atoms. The molecule has 0 bridgehead atoms. The maximum atomic E-state index is 6.33. The summed E-state index contributed by atoms with van der Waals surface area (Å²) in [6.07, 6.45) is 0. The second-order valence-corrected chi connectivity index (χ2v) is 5.09. The van der Waals surface area contributed by atoms with Gasteiger partial charge < -0.3 is 19.8 Å². The summed E-state index contributed by atoms with van der Waals surface area (Å²) < 4.78 is 13.4. The monoisotopic (exact) mass is 296 g/mol. The summed E-state index contributed by atoms with van der Waals surface area (Å²) in [5, 5.41) is 1.04. The zero-order chi connectivity index (χ0) is 15.5. The van der Waals surface area contributed by atoms with Gasteiger partial charge in [-0.25, -0.2) is 0 Å². The van der Waals surface area contributed by atoms with E-state index in [0.29, 0.717) is 6.61 Å². The van der Waals surface area contributed by atoms with E-state index in [0.717, 1.165) is 40.3 Å². The first-order chi connectivity index (χ1) is 10.7. The summed E-state index contributed by atoms with van der Waals surface area (Å²) >= 11 is 0. The van der Waals surface area contributed by atoms with E-state index < -0.39 is 0 Å². The van der Waals surface area contributed by atoms with Crippen molar-refractivity contribution in [2.75, 3.05) is 12.8 Å². The van der Waals surface area contributed by atoms with Crippen molar-refractivity contribution in [2.45, 2.75) is 20.1 Å². The Morgan fingerprint density at radius 3 is 2.50 bits per heavy atom. The average molecular weight is 296 g/mol. The molecule has 3 aromatic rings. The van der Waals surface area contributed by atoms with Crippen LogP contribution in [0, 0.1) is 0 Å². The van der Waals surface area contributed by atoms with Gasteiger partial charge in [0, 0.05) is 18.0 Å². The molecule has 2 N–H and O–H groups in total. The molecule has 0 aliphatic carbocycles. The first-order valence-electron chi connectivity index (χ1n) is 7.37. The number of methoxy groups -OCH3 is 1. The van der Waals surface area contributed by atoms with Gasteiger partial charge in [-0.3, -0.25) is 0 Å². The number of ether oxygens (including phenoxy) is 2. The Bertz CT molecular complexity index is 779. The smallest absolute Gasteiger partial charge is 0.130 e. The highest BCUT2D eigenvalue weighted by Gasteiger charge is 2.15. The van der Waals surface area contributed by atoms with E-state index in [1.54, 1.807) is 7.11 Å². The Labute approximate surface area is 130 Å². The highest BCUT2D eigenvalue weighted by atomic mass is 16.5. The first kappa shape index (κ1) is 14.3. The number of anilines is 1. The normalized spacial score (nSPS) is 10.8. The first-order valence-corrected chi connectivity index (χ1v) is 7.37. The molecule has 2 aromatic carbocycles. The minimum atomic E-state index is 0.445. The molecule has 114 valence electrons. The maximum absolute atomic E-state index is 6.33. The Kier molecular flexibility index (Phi) is 3.92. The van der Waals surface area contributed by atoms with Crippen molar-refractivity contribution in [3.8, 4) is 11.5 Å². The summed E-state index contributed by atoms with van der Waals surface area (Å²) in [5.74, 6) is 1.67. The lowest BCUT2D eigenvalue weighted by molar-refractivity contribution is 0.297. The van der Waals surface area contributed by atoms with E-state index in [4.69, 9.17) is 15.2 Å². The van der Waals surface area contributed by atoms with Crippen LogP contribution in [-0.2, 0) is 13.2 Å². The van der Waals surface area contributed by atoms with Crippen molar-refractivity contribution in [1.29, 1.82) is 0 Å². The number of aryl methyl sites for hydroxylation is 1. The van der Waals surface area contributed by atoms with Crippen LogP contribution in [0.25, 0.3) is 10.9 Å². The van der Waals surface area contributed by atoms with Gasteiger partial charge in [-0.15, -0.1) is 0 Å². The van der Waals surface area contributed by atoms with Gasteiger partial charge >= 0.3 is 0 Å². The fourth-order valence-corrected chi connectivity index (χ4v) is 2.72. The number of hydrogen-bond donors (Lipinski definition) is 1. The predicted molar refractivity (Wildman–Crippen MR) is 89.4 cm³/mol. The van der Waals surface area contributed by atoms with Crippen LogP contribution in [0.15, 0.2) is 48.5 Å². The number of nitrogens with two attached hydrogens (primary N) is 1. The second kappa shape index (κ2) is 6.02. The summed E-state index contributed by atoms with van der Waals surface area (Å²) in [6.45, 7) is 3.37. The van der Waals surface area contributed by atoms with Gasteiger partial charge in [-0.1, -0.05) is 18.2 Å². The van der Waals surface area contributed by atoms with E-state index in [-0.39, 0.29) is 0 Å². The molecule has 0 saturated heterocycles. The third kappa shape index (κ3) is 2.48. The van der Waals surface area contributed by atoms with Crippen LogP contribution in [0.5, 0.6) is 11.5 Å². The molecule has 0 aliphatic rings. The van der Waals surface area contributed by atoms with Gasteiger partial charge in [0.15, 0.2) is 0 Å². The number of nitrogen functional groups attached to an aromatic ring is 1. The number of fused-ring (bicyclic) bond motifs is 1. The van der Waals surface area contributed by atoms with Crippen molar-refractivity contribution in [1.82, 2.24) is 4.57 Å². The molecule has 4 nitrogen and oxygen atoms in total. The third-order valence-electron chi connectivity index (χ3n) is 3.86. The molecule has 1 aromatic heterocycles. The third-order valence-corrected chi connectivity index (χ3v) is 3.86. The Hall–Kier alpha value is -2.62. The molecule has 0 aliphatic heterocycles. The van der Waals surface area contributed by atoms with Crippen molar-refractivity contribution >= 4 is 16.6 Å². The van der Waals surface area contributed by atoms with E-state index >= 15 is 0 Å². The van der Waals surface area contributed by atoms with Gasteiger partial charge in [-0.05, 0) is 31.2 Å². The van der Waals surface area contributed by atoms with Crippen LogP contribution in [-0.4, -0.2) is 11.7 Å². The predicted octanol–water partition coefficient (Wildman–Crippen LogP) is 3.83. The van der Waals surface area contributed by atoms with Crippen LogP contribution in [0.3, 0.4) is 0 Å². The fourth-order valence-electron chi connectivity index (χ4n) is 2.72. The van der Waals surface area contributed by atoms with Crippen LogP contribution in [0.2, 0.25) is 0 Å². The fraction of sp³-hybridized carbons (Fsp3) is 0.222. The topological polar surface area (TPSA) is 49.4 Å². The Morgan fingerprint density at radius 2 is 1.82 bits per heavy atom. The Balaban J connectivity index is 1.99. The zero-order valence-electron chi connectivity index (χ0n) is 12.9. The van der Waals surface area contributed by atoms with Crippen LogP contribution < -0.4 is 15.2 Å². The highest BCUT2D eigenvalue weighted by Crippen LogP contribution is 2.32. The van der Waals surface area contributed by atoms with Gasteiger partial charge in [0.2, 0.25) is 0 Å². The molecular formula is C18H20N2O2. The number of benzene rings is 2. The summed E-state index contributed by atoms with van der Waals surface area (Å²) in [7, 11) is 1.67. The minimum Gasteiger partial charge on any atom is -0.497 e. The van der Waals surface area contributed by atoms with Crippen molar-refractivity contribution < 1.29 is 9.47 Å². The van der Waals surface area contributed by atoms with Gasteiger partial charge in [0.25, 0.3) is 0 Å². The molecular weight excluding hydrogens is 276 g/mol. The molecule has 1 heterocycles.